The standard InChI is InChI=1S/C16H29N5/c1-4-16(5-2,21-8-6-7-9-21)14(20-18)13-10-12(3)11-19-15(13)17/h10-11,14,20H,4-9,18H2,1-3H3,(H2,17,19). The number of likely N-dealkylation sites (tertiary alicyclic amines) is 1. The highest BCUT2D eigenvalue weighted by atomic mass is 15.3. The number of aryl methyl sites for hydroxylation is 1. The SMILES string of the molecule is CCC(CC)(C(NN)c1cc(C)cnc1N)N1CCCC1. The smallest absolute Gasteiger partial charge is 0.128 e. The zero-order chi connectivity index (χ0) is 15.5. The van der Waals surface area contributed by atoms with Gasteiger partial charge in [0.1, 0.15) is 5.82 Å². The molecular formula is C16H29N5. The maximum Gasteiger partial charge on any atom is 0.128 e. The van der Waals surface area contributed by atoms with Gasteiger partial charge in [-0.1, -0.05) is 13.8 Å². The van der Waals surface area contributed by atoms with Crippen LogP contribution < -0.4 is 17.0 Å². The van der Waals surface area contributed by atoms with Gasteiger partial charge in [0.05, 0.1) is 6.04 Å². The molecule has 1 aromatic rings. The molecule has 1 saturated heterocycles. The Kier molecular flexibility index (Phi) is 5.19. The second kappa shape index (κ2) is 6.73. The molecule has 0 spiro atoms. The summed E-state index contributed by atoms with van der Waals surface area (Å²) in [6.45, 7) is 8.80. The fraction of sp³-hybridized carbons (Fsp3) is 0.688. The number of pyridine rings is 1. The normalized spacial score (nSPS) is 18.1. The van der Waals surface area contributed by atoms with Crippen LogP contribution in [-0.4, -0.2) is 28.5 Å². The number of nitrogen functional groups attached to an aromatic ring is 1. The number of hydrogen-bond acceptors (Lipinski definition) is 5. The maximum absolute atomic E-state index is 6.15. The van der Waals surface area contributed by atoms with Crippen molar-refractivity contribution in [2.75, 3.05) is 18.8 Å². The van der Waals surface area contributed by atoms with Crippen LogP contribution in [0.3, 0.4) is 0 Å². The molecule has 2 heterocycles. The van der Waals surface area contributed by atoms with Gasteiger partial charge in [-0.15, -0.1) is 0 Å². The molecule has 21 heavy (non-hydrogen) atoms. The van der Waals surface area contributed by atoms with E-state index in [0.29, 0.717) is 5.82 Å². The Morgan fingerprint density at radius 3 is 2.48 bits per heavy atom. The molecule has 0 aromatic carbocycles. The van der Waals surface area contributed by atoms with Gasteiger partial charge >= 0.3 is 0 Å². The van der Waals surface area contributed by atoms with E-state index in [1.165, 1.54) is 12.8 Å². The molecule has 0 saturated carbocycles. The molecule has 118 valence electrons. The molecule has 5 nitrogen and oxygen atoms in total. The highest BCUT2D eigenvalue weighted by Crippen LogP contribution is 2.40. The van der Waals surface area contributed by atoms with Crippen LogP contribution in [0.25, 0.3) is 0 Å². The van der Waals surface area contributed by atoms with Crippen molar-refractivity contribution in [1.29, 1.82) is 0 Å². The first-order valence-electron chi connectivity index (χ1n) is 8.02. The number of rotatable bonds is 6. The molecule has 0 radical (unpaired) electrons. The fourth-order valence-electron chi connectivity index (χ4n) is 3.82. The van der Waals surface area contributed by atoms with Gasteiger partial charge in [-0.2, -0.15) is 0 Å². The lowest BCUT2D eigenvalue weighted by Crippen LogP contribution is -2.56. The highest BCUT2D eigenvalue weighted by Gasteiger charge is 2.43. The fourth-order valence-corrected chi connectivity index (χ4v) is 3.82. The largest absolute Gasteiger partial charge is 0.383 e. The van der Waals surface area contributed by atoms with Crippen molar-refractivity contribution in [3.05, 3.63) is 23.4 Å². The Labute approximate surface area is 128 Å². The number of hydrazine groups is 1. The summed E-state index contributed by atoms with van der Waals surface area (Å²) in [4.78, 5) is 6.90. The molecule has 1 aliphatic rings. The second-order valence-corrected chi connectivity index (χ2v) is 6.09. The van der Waals surface area contributed by atoms with E-state index in [-0.39, 0.29) is 11.6 Å². The van der Waals surface area contributed by atoms with Gasteiger partial charge in [-0.3, -0.25) is 16.2 Å². The maximum atomic E-state index is 6.15. The number of nitrogens with two attached hydrogens (primary N) is 2. The first-order valence-corrected chi connectivity index (χ1v) is 8.02. The van der Waals surface area contributed by atoms with Crippen molar-refractivity contribution in [3.63, 3.8) is 0 Å². The topological polar surface area (TPSA) is 80.2 Å². The van der Waals surface area contributed by atoms with Crippen molar-refractivity contribution < 1.29 is 0 Å². The lowest BCUT2D eigenvalue weighted by atomic mass is 9.79. The number of nitrogens with zero attached hydrogens (tertiary/aromatic N) is 2. The molecular weight excluding hydrogens is 262 g/mol. The first kappa shape index (κ1) is 16.2. The molecule has 0 bridgehead atoms. The third kappa shape index (κ3) is 2.91. The molecule has 0 amide bonds. The van der Waals surface area contributed by atoms with Crippen LogP contribution in [-0.2, 0) is 0 Å². The monoisotopic (exact) mass is 291 g/mol. The van der Waals surface area contributed by atoms with Crippen molar-refractivity contribution >= 4 is 5.82 Å². The summed E-state index contributed by atoms with van der Waals surface area (Å²) in [5, 5.41) is 0. The molecule has 0 aliphatic carbocycles. The summed E-state index contributed by atoms with van der Waals surface area (Å²) in [5.41, 5.74) is 11.3. The highest BCUT2D eigenvalue weighted by molar-refractivity contribution is 5.44. The van der Waals surface area contributed by atoms with Crippen LogP contribution in [0.15, 0.2) is 12.3 Å². The van der Waals surface area contributed by atoms with E-state index in [9.17, 15) is 0 Å². The Morgan fingerprint density at radius 1 is 1.33 bits per heavy atom. The van der Waals surface area contributed by atoms with Crippen LogP contribution in [0.5, 0.6) is 0 Å². The van der Waals surface area contributed by atoms with Gasteiger partial charge in [0.2, 0.25) is 0 Å². The van der Waals surface area contributed by atoms with Gasteiger partial charge in [0.25, 0.3) is 0 Å². The van der Waals surface area contributed by atoms with Gasteiger partial charge in [-0.25, -0.2) is 4.98 Å². The third-order valence-corrected chi connectivity index (χ3v) is 5.06. The van der Waals surface area contributed by atoms with Gasteiger partial charge in [0.15, 0.2) is 0 Å². The van der Waals surface area contributed by atoms with Crippen LogP contribution in [0, 0.1) is 6.92 Å². The van der Waals surface area contributed by atoms with E-state index in [0.717, 1.165) is 37.1 Å². The molecule has 1 fully saturated rings. The third-order valence-electron chi connectivity index (χ3n) is 5.06. The number of hydrogen-bond donors (Lipinski definition) is 3. The molecule has 2 rings (SSSR count). The molecule has 1 aliphatic heterocycles. The number of aromatic nitrogens is 1. The lowest BCUT2D eigenvalue weighted by Gasteiger charge is -2.47. The Hall–Kier alpha value is -1.17. The summed E-state index contributed by atoms with van der Waals surface area (Å²) < 4.78 is 0. The summed E-state index contributed by atoms with van der Waals surface area (Å²) in [6.07, 6.45) is 6.40. The van der Waals surface area contributed by atoms with E-state index in [4.69, 9.17) is 11.6 Å². The van der Waals surface area contributed by atoms with Gasteiger partial charge in [0, 0.05) is 17.3 Å². The quantitative estimate of drug-likeness (QED) is 0.552. The Bertz CT molecular complexity index is 464. The zero-order valence-electron chi connectivity index (χ0n) is 13.5. The number of nitrogens with one attached hydrogen (secondary N) is 1. The molecule has 1 aromatic heterocycles. The van der Waals surface area contributed by atoms with Crippen LogP contribution in [0.4, 0.5) is 5.82 Å². The van der Waals surface area contributed by atoms with Gasteiger partial charge < -0.3 is 5.73 Å². The average Bonchev–Trinajstić information content (AvgIpc) is 3.02. The first-order chi connectivity index (χ1) is 10.1. The summed E-state index contributed by atoms with van der Waals surface area (Å²) >= 11 is 0. The minimum absolute atomic E-state index is 0.00185. The van der Waals surface area contributed by atoms with Crippen molar-refractivity contribution in [1.82, 2.24) is 15.3 Å². The molecule has 1 atom stereocenters. The predicted octanol–water partition coefficient (Wildman–Crippen LogP) is 2.13. The molecule has 5 heteroatoms. The van der Waals surface area contributed by atoms with Crippen molar-refractivity contribution in [3.8, 4) is 0 Å². The summed E-state index contributed by atoms with van der Waals surface area (Å²) in [7, 11) is 0. The van der Waals surface area contributed by atoms with E-state index in [1.807, 2.05) is 13.1 Å². The van der Waals surface area contributed by atoms with Crippen LogP contribution >= 0.6 is 0 Å². The Morgan fingerprint density at radius 2 is 1.95 bits per heavy atom. The number of anilines is 1. The Balaban J connectivity index is 2.46. The van der Waals surface area contributed by atoms with E-state index in [1.54, 1.807) is 0 Å². The minimum atomic E-state index is -0.00512. The average molecular weight is 291 g/mol. The molecule has 1 unspecified atom stereocenters. The van der Waals surface area contributed by atoms with Crippen LogP contribution in [0.1, 0.15) is 56.7 Å². The summed E-state index contributed by atoms with van der Waals surface area (Å²) in [6, 6.07) is 2.11. The van der Waals surface area contributed by atoms with Crippen molar-refractivity contribution in [2.45, 2.75) is 58.0 Å². The predicted molar refractivity (Wildman–Crippen MR) is 87.6 cm³/mol. The molecule has 5 N–H and O–H groups in total. The summed E-state index contributed by atoms with van der Waals surface area (Å²) in [5.74, 6) is 6.55. The van der Waals surface area contributed by atoms with Crippen molar-refractivity contribution in [2.24, 2.45) is 5.84 Å². The van der Waals surface area contributed by atoms with E-state index in [2.05, 4.69) is 35.2 Å². The second-order valence-electron chi connectivity index (χ2n) is 6.09. The van der Waals surface area contributed by atoms with E-state index < -0.39 is 0 Å². The zero-order valence-corrected chi connectivity index (χ0v) is 13.5. The lowest BCUT2D eigenvalue weighted by molar-refractivity contribution is 0.0618. The van der Waals surface area contributed by atoms with E-state index >= 15 is 0 Å². The van der Waals surface area contributed by atoms with Gasteiger partial charge in [-0.05, 0) is 57.3 Å². The van der Waals surface area contributed by atoms with Crippen LogP contribution in [0.2, 0.25) is 0 Å². The minimum Gasteiger partial charge on any atom is -0.383 e.